The molecule has 1 aliphatic carbocycles. The number of aryl methyl sites for hydroxylation is 1. The molecule has 1 aromatic rings. The third kappa shape index (κ3) is 2.86. The Morgan fingerprint density at radius 2 is 2.11 bits per heavy atom. The van der Waals surface area contributed by atoms with Gasteiger partial charge in [0.2, 0.25) is 0 Å². The number of aromatic nitrogens is 2. The Morgan fingerprint density at radius 3 is 2.74 bits per heavy atom. The highest BCUT2D eigenvalue weighted by molar-refractivity contribution is 5.64. The van der Waals surface area contributed by atoms with Gasteiger partial charge in [0.05, 0.1) is 11.4 Å². The highest BCUT2D eigenvalue weighted by Crippen LogP contribution is 2.32. The Hall–Kier alpha value is -1.23. The normalized spacial score (nSPS) is 23.2. The second-order valence-electron chi connectivity index (χ2n) is 5.90. The maximum atomic E-state index is 9.37. The maximum absolute atomic E-state index is 9.37. The summed E-state index contributed by atoms with van der Waals surface area (Å²) in [6.07, 6.45) is 3.54. The SMILES string of the molecule is Cc1nn(C(C)C)c(NCC2CCCC2CO)c1N. The van der Waals surface area contributed by atoms with Gasteiger partial charge in [0.15, 0.2) is 0 Å². The summed E-state index contributed by atoms with van der Waals surface area (Å²) in [5.74, 6) is 1.90. The van der Waals surface area contributed by atoms with E-state index in [1.54, 1.807) is 0 Å². The van der Waals surface area contributed by atoms with E-state index in [1.807, 2.05) is 11.6 Å². The van der Waals surface area contributed by atoms with Crippen LogP contribution in [0.4, 0.5) is 11.5 Å². The molecule has 4 N–H and O–H groups in total. The van der Waals surface area contributed by atoms with Crippen molar-refractivity contribution in [1.82, 2.24) is 9.78 Å². The van der Waals surface area contributed by atoms with E-state index in [9.17, 15) is 5.11 Å². The zero-order chi connectivity index (χ0) is 14.0. The highest BCUT2D eigenvalue weighted by atomic mass is 16.3. The average molecular weight is 266 g/mol. The van der Waals surface area contributed by atoms with Crippen molar-refractivity contribution in [1.29, 1.82) is 0 Å². The number of hydrogen-bond donors (Lipinski definition) is 3. The van der Waals surface area contributed by atoms with Crippen molar-refractivity contribution in [2.24, 2.45) is 11.8 Å². The van der Waals surface area contributed by atoms with Gasteiger partial charge >= 0.3 is 0 Å². The topological polar surface area (TPSA) is 76.1 Å². The van der Waals surface area contributed by atoms with Crippen LogP contribution in [0.25, 0.3) is 0 Å². The lowest BCUT2D eigenvalue weighted by atomic mass is 9.97. The molecule has 0 aromatic carbocycles. The molecule has 108 valence electrons. The number of aliphatic hydroxyl groups excluding tert-OH is 1. The van der Waals surface area contributed by atoms with Crippen LogP contribution in [-0.2, 0) is 0 Å². The van der Waals surface area contributed by atoms with E-state index in [1.165, 1.54) is 12.8 Å². The molecule has 1 aromatic heterocycles. The second-order valence-corrected chi connectivity index (χ2v) is 5.90. The quantitative estimate of drug-likeness (QED) is 0.763. The summed E-state index contributed by atoms with van der Waals surface area (Å²) in [5, 5.41) is 17.3. The summed E-state index contributed by atoms with van der Waals surface area (Å²) in [6.45, 7) is 7.30. The molecular weight excluding hydrogens is 240 g/mol. The maximum Gasteiger partial charge on any atom is 0.148 e. The smallest absolute Gasteiger partial charge is 0.148 e. The molecule has 0 spiro atoms. The Balaban J connectivity index is 2.06. The lowest BCUT2D eigenvalue weighted by Crippen LogP contribution is -2.22. The van der Waals surface area contributed by atoms with E-state index in [-0.39, 0.29) is 6.04 Å². The van der Waals surface area contributed by atoms with E-state index in [0.717, 1.165) is 30.2 Å². The van der Waals surface area contributed by atoms with Crippen LogP contribution >= 0.6 is 0 Å². The van der Waals surface area contributed by atoms with Crippen molar-refractivity contribution in [3.8, 4) is 0 Å². The van der Waals surface area contributed by atoms with E-state index in [2.05, 4.69) is 24.3 Å². The van der Waals surface area contributed by atoms with E-state index >= 15 is 0 Å². The zero-order valence-corrected chi connectivity index (χ0v) is 12.2. The molecule has 2 unspecified atom stereocenters. The minimum atomic E-state index is 0.288. The van der Waals surface area contributed by atoms with Crippen LogP contribution < -0.4 is 11.1 Å². The summed E-state index contributed by atoms with van der Waals surface area (Å²) in [5.41, 5.74) is 7.72. The van der Waals surface area contributed by atoms with Gasteiger partial charge in [-0.2, -0.15) is 5.10 Å². The first-order chi connectivity index (χ1) is 9.04. The van der Waals surface area contributed by atoms with Gasteiger partial charge in [0.25, 0.3) is 0 Å². The minimum Gasteiger partial charge on any atom is -0.396 e. The number of anilines is 2. The van der Waals surface area contributed by atoms with Gasteiger partial charge in [-0.25, -0.2) is 4.68 Å². The van der Waals surface area contributed by atoms with Crippen LogP contribution in [0.1, 0.15) is 44.8 Å². The summed E-state index contributed by atoms with van der Waals surface area (Å²) in [4.78, 5) is 0. The van der Waals surface area contributed by atoms with Crippen molar-refractivity contribution in [2.45, 2.75) is 46.1 Å². The fourth-order valence-corrected chi connectivity index (χ4v) is 2.96. The molecular formula is C14H26N4O. The molecule has 1 fully saturated rings. The Bertz CT molecular complexity index is 427. The van der Waals surface area contributed by atoms with Crippen LogP contribution in [0.15, 0.2) is 0 Å². The molecule has 0 aliphatic heterocycles. The van der Waals surface area contributed by atoms with Gasteiger partial charge in [-0.3, -0.25) is 0 Å². The van der Waals surface area contributed by atoms with E-state index in [0.29, 0.717) is 18.4 Å². The van der Waals surface area contributed by atoms with Crippen LogP contribution in [-0.4, -0.2) is 28.0 Å². The molecule has 0 bridgehead atoms. The molecule has 0 saturated heterocycles. The van der Waals surface area contributed by atoms with Crippen LogP contribution in [0.2, 0.25) is 0 Å². The Kier molecular flexibility index (Phi) is 4.34. The van der Waals surface area contributed by atoms with Crippen molar-refractivity contribution < 1.29 is 5.11 Å². The van der Waals surface area contributed by atoms with Gasteiger partial charge in [-0.1, -0.05) is 6.42 Å². The van der Waals surface area contributed by atoms with Crippen molar-refractivity contribution >= 4 is 11.5 Å². The number of rotatable bonds is 5. The highest BCUT2D eigenvalue weighted by Gasteiger charge is 2.27. The first-order valence-corrected chi connectivity index (χ1v) is 7.23. The molecule has 2 rings (SSSR count). The lowest BCUT2D eigenvalue weighted by Gasteiger charge is -2.20. The number of hydrogen-bond acceptors (Lipinski definition) is 4. The van der Waals surface area contributed by atoms with Crippen molar-refractivity contribution in [3.63, 3.8) is 0 Å². The molecule has 1 saturated carbocycles. The Labute approximate surface area is 115 Å². The van der Waals surface area contributed by atoms with Crippen molar-refractivity contribution in [3.05, 3.63) is 5.69 Å². The van der Waals surface area contributed by atoms with E-state index < -0.39 is 0 Å². The molecule has 2 atom stereocenters. The van der Waals surface area contributed by atoms with Gasteiger partial charge in [0.1, 0.15) is 5.82 Å². The molecule has 0 radical (unpaired) electrons. The number of nitrogens with two attached hydrogens (primary N) is 1. The fraction of sp³-hybridized carbons (Fsp3) is 0.786. The van der Waals surface area contributed by atoms with Gasteiger partial charge in [-0.15, -0.1) is 0 Å². The Morgan fingerprint density at radius 1 is 1.42 bits per heavy atom. The van der Waals surface area contributed by atoms with Crippen molar-refractivity contribution in [2.75, 3.05) is 24.2 Å². The molecule has 0 amide bonds. The molecule has 5 nitrogen and oxygen atoms in total. The first-order valence-electron chi connectivity index (χ1n) is 7.23. The predicted molar refractivity (Wildman–Crippen MR) is 78.2 cm³/mol. The van der Waals surface area contributed by atoms with E-state index in [4.69, 9.17) is 5.73 Å². The largest absolute Gasteiger partial charge is 0.396 e. The molecule has 1 heterocycles. The minimum absolute atomic E-state index is 0.288. The number of nitrogens with zero attached hydrogens (tertiary/aromatic N) is 2. The number of nitrogen functional groups attached to an aromatic ring is 1. The van der Waals surface area contributed by atoms with Gasteiger partial charge < -0.3 is 16.2 Å². The van der Waals surface area contributed by atoms with Crippen LogP contribution in [0, 0.1) is 18.8 Å². The summed E-state index contributed by atoms with van der Waals surface area (Å²) >= 11 is 0. The number of aliphatic hydroxyl groups is 1. The summed E-state index contributed by atoms with van der Waals surface area (Å²) in [6, 6.07) is 0.288. The monoisotopic (exact) mass is 266 g/mol. The number of nitrogens with one attached hydrogen (secondary N) is 1. The van der Waals surface area contributed by atoms with Crippen LogP contribution in [0.5, 0.6) is 0 Å². The van der Waals surface area contributed by atoms with Gasteiger partial charge in [0, 0.05) is 19.2 Å². The molecule has 1 aliphatic rings. The fourth-order valence-electron chi connectivity index (χ4n) is 2.96. The second kappa shape index (κ2) is 5.82. The lowest BCUT2D eigenvalue weighted by molar-refractivity contribution is 0.198. The predicted octanol–water partition coefficient (Wildman–Crippen LogP) is 2.18. The molecule has 19 heavy (non-hydrogen) atoms. The third-order valence-electron chi connectivity index (χ3n) is 4.20. The van der Waals surface area contributed by atoms with Crippen LogP contribution in [0.3, 0.4) is 0 Å². The molecule has 5 heteroatoms. The first kappa shape index (κ1) is 14.2. The standard InChI is InChI=1S/C14H26N4O/c1-9(2)18-14(13(15)10(3)17-18)16-7-11-5-4-6-12(11)8-19/h9,11-12,16,19H,4-8,15H2,1-3H3. The zero-order valence-electron chi connectivity index (χ0n) is 12.2. The summed E-state index contributed by atoms with van der Waals surface area (Å²) < 4.78 is 1.95. The third-order valence-corrected chi connectivity index (χ3v) is 4.20. The average Bonchev–Trinajstić information content (AvgIpc) is 2.93. The summed E-state index contributed by atoms with van der Waals surface area (Å²) in [7, 11) is 0. The van der Waals surface area contributed by atoms with Gasteiger partial charge in [-0.05, 0) is 45.4 Å².